The molecule has 1 aromatic carbocycles. The number of hydrogen-bond acceptors (Lipinski definition) is 4. The van der Waals surface area contributed by atoms with E-state index in [9.17, 15) is 8.42 Å². The fourth-order valence-electron chi connectivity index (χ4n) is 1.17. The van der Waals surface area contributed by atoms with Gasteiger partial charge in [0.15, 0.2) is 6.10 Å². The smallest absolute Gasteiger partial charge is 0.265 e. The summed E-state index contributed by atoms with van der Waals surface area (Å²) in [5, 5.41) is 0. The number of ether oxygens (including phenoxy) is 1. The van der Waals surface area contributed by atoms with E-state index in [4.69, 9.17) is 11.2 Å². The van der Waals surface area contributed by atoms with E-state index in [2.05, 4.69) is 10.1 Å². The van der Waals surface area contributed by atoms with E-state index >= 15 is 0 Å². The lowest BCUT2D eigenvalue weighted by Crippen LogP contribution is -2.21. The molecule has 0 fully saturated rings. The highest BCUT2D eigenvalue weighted by Crippen LogP contribution is 2.03. The van der Waals surface area contributed by atoms with E-state index in [1.807, 2.05) is 30.3 Å². The van der Waals surface area contributed by atoms with E-state index in [-0.39, 0.29) is 6.61 Å². The minimum atomic E-state index is -3.55. The van der Waals surface area contributed by atoms with Crippen LogP contribution in [0.4, 0.5) is 0 Å². The van der Waals surface area contributed by atoms with Gasteiger partial charge in [0.05, 0.1) is 19.5 Å². The molecule has 0 saturated heterocycles. The van der Waals surface area contributed by atoms with Crippen molar-refractivity contribution in [1.82, 2.24) is 0 Å². The van der Waals surface area contributed by atoms with Gasteiger partial charge in [-0.15, -0.1) is 6.42 Å². The first-order chi connectivity index (χ1) is 8.01. The summed E-state index contributed by atoms with van der Waals surface area (Å²) in [5.41, 5.74) is 0.989. The molecule has 0 aromatic heterocycles. The molecular formula is C12H14O4S. The van der Waals surface area contributed by atoms with Crippen LogP contribution in [0.15, 0.2) is 30.3 Å². The van der Waals surface area contributed by atoms with Crippen LogP contribution in [0, 0.1) is 12.3 Å². The van der Waals surface area contributed by atoms with E-state index in [1.165, 1.54) is 0 Å². The molecular weight excluding hydrogens is 240 g/mol. The van der Waals surface area contributed by atoms with Crippen molar-refractivity contribution >= 4 is 10.1 Å². The third-order valence-electron chi connectivity index (χ3n) is 1.86. The molecule has 0 bridgehead atoms. The standard InChI is InChI=1S/C12H14O4S/c1-3-12(16-17(2,13)14)10-15-9-11-7-5-4-6-8-11/h1,4-8,12H,9-10H2,2H3/t12-/m1/s1. The van der Waals surface area contributed by atoms with Crippen LogP contribution >= 0.6 is 0 Å². The third kappa shape index (κ3) is 6.07. The van der Waals surface area contributed by atoms with Crippen LogP contribution in [0.5, 0.6) is 0 Å². The van der Waals surface area contributed by atoms with Gasteiger partial charge in [-0.05, 0) is 5.56 Å². The van der Waals surface area contributed by atoms with Gasteiger partial charge in [0.2, 0.25) is 0 Å². The van der Waals surface area contributed by atoms with Gasteiger partial charge < -0.3 is 4.74 Å². The second kappa shape index (κ2) is 6.40. The fraction of sp³-hybridized carbons (Fsp3) is 0.333. The maximum absolute atomic E-state index is 10.9. The van der Waals surface area contributed by atoms with Crippen molar-refractivity contribution in [2.45, 2.75) is 12.7 Å². The molecule has 0 aliphatic heterocycles. The van der Waals surface area contributed by atoms with Gasteiger partial charge in [0.25, 0.3) is 10.1 Å². The Hall–Kier alpha value is -1.35. The van der Waals surface area contributed by atoms with E-state index < -0.39 is 16.2 Å². The summed E-state index contributed by atoms with van der Waals surface area (Å²) >= 11 is 0. The molecule has 0 spiro atoms. The molecule has 0 unspecified atom stereocenters. The van der Waals surface area contributed by atoms with E-state index in [1.54, 1.807) is 0 Å². The highest BCUT2D eigenvalue weighted by atomic mass is 32.2. The van der Waals surface area contributed by atoms with Crippen LogP contribution in [-0.2, 0) is 25.6 Å². The van der Waals surface area contributed by atoms with Gasteiger partial charge >= 0.3 is 0 Å². The van der Waals surface area contributed by atoms with E-state index in [0.29, 0.717) is 6.61 Å². The maximum atomic E-state index is 10.9. The summed E-state index contributed by atoms with van der Waals surface area (Å²) in [6.07, 6.45) is 5.21. The normalized spacial score (nSPS) is 12.9. The Kier molecular flexibility index (Phi) is 5.16. The maximum Gasteiger partial charge on any atom is 0.265 e. The average Bonchev–Trinajstić information content (AvgIpc) is 2.27. The molecule has 5 heteroatoms. The van der Waals surface area contributed by atoms with Crippen molar-refractivity contribution in [2.75, 3.05) is 12.9 Å². The predicted molar refractivity (Wildman–Crippen MR) is 64.6 cm³/mol. The summed E-state index contributed by atoms with van der Waals surface area (Å²) in [5.74, 6) is 2.22. The second-order valence-corrected chi connectivity index (χ2v) is 5.06. The molecule has 0 aliphatic rings. The zero-order chi connectivity index (χ0) is 12.7. The Morgan fingerprint density at radius 1 is 1.35 bits per heavy atom. The third-order valence-corrected chi connectivity index (χ3v) is 2.44. The fourth-order valence-corrected chi connectivity index (χ4v) is 1.71. The predicted octanol–water partition coefficient (Wildman–Crippen LogP) is 1.18. The number of rotatable bonds is 6. The monoisotopic (exact) mass is 254 g/mol. The number of terminal acetylenes is 1. The Bertz CT molecular complexity index is 473. The lowest BCUT2D eigenvalue weighted by molar-refractivity contribution is 0.0675. The van der Waals surface area contributed by atoms with Crippen LogP contribution in [0.3, 0.4) is 0 Å². The molecule has 17 heavy (non-hydrogen) atoms. The van der Waals surface area contributed by atoms with Gasteiger partial charge in [-0.2, -0.15) is 8.42 Å². The SMILES string of the molecule is C#C[C@H](COCc1ccccc1)OS(C)(=O)=O. The van der Waals surface area contributed by atoms with Crippen molar-refractivity contribution in [3.63, 3.8) is 0 Å². The largest absolute Gasteiger partial charge is 0.373 e. The van der Waals surface area contributed by atoms with Crippen molar-refractivity contribution in [2.24, 2.45) is 0 Å². The number of benzene rings is 1. The molecule has 1 atom stereocenters. The molecule has 0 N–H and O–H groups in total. The lowest BCUT2D eigenvalue weighted by Gasteiger charge is -2.10. The van der Waals surface area contributed by atoms with Crippen LogP contribution in [0.25, 0.3) is 0 Å². The molecule has 1 aromatic rings. The van der Waals surface area contributed by atoms with Crippen molar-refractivity contribution in [3.8, 4) is 12.3 Å². The van der Waals surface area contributed by atoms with Crippen molar-refractivity contribution in [1.29, 1.82) is 0 Å². The first-order valence-corrected chi connectivity index (χ1v) is 6.79. The van der Waals surface area contributed by atoms with Gasteiger partial charge in [0, 0.05) is 0 Å². The Morgan fingerprint density at radius 2 is 2.00 bits per heavy atom. The van der Waals surface area contributed by atoms with Gasteiger partial charge in [-0.25, -0.2) is 0 Å². The molecule has 92 valence electrons. The van der Waals surface area contributed by atoms with Gasteiger partial charge in [0.1, 0.15) is 0 Å². The minimum Gasteiger partial charge on any atom is -0.373 e. The molecule has 0 radical (unpaired) electrons. The second-order valence-electron chi connectivity index (χ2n) is 3.46. The topological polar surface area (TPSA) is 52.6 Å². The summed E-state index contributed by atoms with van der Waals surface area (Å²) < 4.78 is 31.6. The van der Waals surface area contributed by atoms with Crippen LogP contribution in [-0.4, -0.2) is 27.4 Å². The number of hydrogen-bond donors (Lipinski definition) is 0. The Morgan fingerprint density at radius 3 is 2.53 bits per heavy atom. The van der Waals surface area contributed by atoms with E-state index in [0.717, 1.165) is 11.8 Å². The Balaban J connectivity index is 2.37. The lowest BCUT2D eigenvalue weighted by atomic mass is 10.2. The summed E-state index contributed by atoms with van der Waals surface area (Å²) in [6, 6.07) is 9.50. The highest BCUT2D eigenvalue weighted by Gasteiger charge is 2.12. The summed E-state index contributed by atoms with van der Waals surface area (Å²) in [7, 11) is -3.55. The highest BCUT2D eigenvalue weighted by molar-refractivity contribution is 7.86. The first kappa shape index (κ1) is 13.7. The van der Waals surface area contributed by atoms with Crippen LogP contribution in [0.2, 0.25) is 0 Å². The molecule has 0 saturated carbocycles. The zero-order valence-corrected chi connectivity index (χ0v) is 10.3. The van der Waals surface area contributed by atoms with Crippen LogP contribution < -0.4 is 0 Å². The first-order valence-electron chi connectivity index (χ1n) is 4.97. The quantitative estimate of drug-likeness (QED) is 0.565. The minimum absolute atomic E-state index is 0.0401. The van der Waals surface area contributed by atoms with Crippen molar-refractivity contribution in [3.05, 3.63) is 35.9 Å². The van der Waals surface area contributed by atoms with Crippen LogP contribution in [0.1, 0.15) is 5.56 Å². The van der Waals surface area contributed by atoms with Gasteiger partial charge in [-0.1, -0.05) is 36.3 Å². The molecule has 1 rings (SSSR count). The molecule has 0 heterocycles. The zero-order valence-electron chi connectivity index (χ0n) is 9.50. The molecule has 0 amide bonds. The molecule has 4 nitrogen and oxygen atoms in total. The average molecular weight is 254 g/mol. The summed E-state index contributed by atoms with van der Waals surface area (Å²) in [6.45, 7) is 0.407. The van der Waals surface area contributed by atoms with Crippen molar-refractivity contribution < 1.29 is 17.3 Å². The van der Waals surface area contributed by atoms with Gasteiger partial charge in [-0.3, -0.25) is 4.18 Å². The Labute approximate surface area is 102 Å². The molecule has 0 aliphatic carbocycles. The summed E-state index contributed by atoms with van der Waals surface area (Å²) in [4.78, 5) is 0.